The Labute approximate surface area is 70.4 Å². The Bertz CT molecular complexity index is 254. The van der Waals surface area contributed by atoms with E-state index in [-0.39, 0.29) is 6.61 Å². The van der Waals surface area contributed by atoms with E-state index in [2.05, 4.69) is 20.1 Å². The predicted molar refractivity (Wildman–Crippen MR) is 43.8 cm³/mol. The monoisotopic (exact) mass is 168 g/mol. The van der Waals surface area contributed by atoms with Gasteiger partial charge in [-0.3, -0.25) is 5.10 Å². The average molecular weight is 168 g/mol. The Morgan fingerprint density at radius 1 is 1.42 bits per heavy atom. The summed E-state index contributed by atoms with van der Waals surface area (Å²) in [6.07, 6.45) is 2.42. The molecule has 5 heteroatoms. The van der Waals surface area contributed by atoms with Gasteiger partial charge in [-0.1, -0.05) is 0 Å². The fourth-order valence-corrected chi connectivity index (χ4v) is 1.41. The largest absolute Gasteiger partial charge is 0.388 e. The molecule has 2 rings (SSSR count). The molecular weight excluding hydrogens is 156 g/mol. The van der Waals surface area contributed by atoms with Crippen LogP contribution >= 0.6 is 0 Å². The van der Waals surface area contributed by atoms with E-state index in [1.165, 1.54) is 12.8 Å². The van der Waals surface area contributed by atoms with Crippen LogP contribution in [0, 0.1) is 0 Å². The minimum Gasteiger partial charge on any atom is -0.388 e. The molecule has 0 unspecified atom stereocenters. The number of H-pyrrole nitrogens is 1. The lowest BCUT2D eigenvalue weighted by molar-refractivity contribution is 0.272. The Morgan fingerprint density at radius 3 is 2.75 bits per heavy atom. The SMILES string of the molecule is OCc1nc(N2CCCC2)n[nH]1. The van der Waals surface area contributed by atoms with Crippen LogP contribution in [0.1, 0.15) is 18.7 Å². The number of aliphatic hydroxyl groups is 1. The second-order valence-electron chi connectivity index (χ2n) is 2.93. The van der Waals surface area contributed by atoms with E-state index >= 15 is 0 Å². The smallest absolute Gasteiger partial charge is 0.244 e. The number of hydrogen-bond acceptors (Lipinski definition) is 4. The minimum absolute atomic E-state index is 0.0686. The Morgan fingerprint density at radius 2 is 2.17 bits per heavy atom. The number of aromatic nitrogens is 3. The molecule has 12 heavy (non-hydrogen) atoms. The van der Waals surface area contributed by atoms with Gasteiger partial charge in [-0.15, -0.1) is 5.10 Å². The lowest BCUT2D eigenvalue weighted by atomic mass is 10.4. The zero-order chi connectivity index (χ0) is 8.39. The molecule has 66 valence electrons. The zero-order valence-electron chi connectivity index (χ0n) is 6.82. The molecule has 1 aromatic rings. The highest BCUT2D eigenvalue weighted by atomic mass is 16.3. The quantitative estimate of drug-likeness (QED) is 0.647. The molecule has 0 spiro atoms. The van der Waals surface area contributed by atoms with Crippen LogP contribution in [-0.2, 0) is 6.61 Å². The van der Waals surface area contributed by atoms with Gasteiger partial charge in [0.1, 0.15) is 6.61 Å². The number of nitrogens with one attached hydrogen (secondary N) is 1. The van der Waals surface area contributed by atoms with E-state index in [4.69, 9.17) is 5.11 Å². The van der Waals surface area contributed by atoms with Gasteiger partial charge >= 0.3 is 0 Å². The van der Waals surface area contributed by atoms with Crippen LogP contribution in [0.2, 0.25) is 0 Å². The summed E-state index contributed by atoms with van der Waals surface area (Å²) in [6, 6.07) is 0. The molecule has 1 fully saturated rings. The van der Waals surface area contributed by atoms with Crippen molar-refractivity contribution < 1.29 is 5.11 Å². The van der Waals surface area contributed by atoms with Crippen LogP contribution < -0.4 is 4.90 Å². The molecule has 0 saturated carbocycles. The first-order valence-corrected chi connectivity index (χ1v) is 4.17. The van der Waals surface area contributed by atoms with Gasteiger partial charge in [0.15, 0.2) is 5.82 Å². The zero-order valence-corrected chi connectivity index (χ0v) is 6.82. The van der Waals surface area contributed by atoms with E-state index in [9.17, 15) is 0 Å². The third kappa shape index (κ3) is 1.27. The summed E-state index contributed by atoms with van der Waals surface area (Å²) in [5.41, 5.74) is 0. The minimum atomic E-state index is -0.0686. The molecule has 0 aliphatic carbocycles. The highest BCUT2D eigenvalue weighted by molar-refractivity contribution is 5.29. The molecule has 5 nitrogen and oxygen atoms in total. The molecule has 0 radical (unpaired) electrons. The van der Waals surface area contributed by atoms with Crippen molar-refractivity contribution in [2.45, 2.75) is 19.4 Å². The van der Waals surface area contributed by atoms with E-state index in [0.717, 1.165) is 19.0 Å². The van der Waals surface area contributed by atoms with Gasteiger partial charge in [0.05, 0.1) is 0 Å². The molecule has 2 N–H and O–H groups in total. The molecule has 0 bridgehead atoms. The number of hydrogen-bond donors (Lipinski definition) is 2. The summed E-state index contributed by atoms with van der Waals surface area (Å²) in [5, 5.41) is 15.4. The summed E-state index contributed by atoms with van der Waals surface area (Å²) < 4.78 is 0. The van der Waals surface area contributed by atoms with Gasteiger partial charge in [-0.2, -0.15) is 4.98 Å². The fourth-order valence-electron chi connectivity index (χ4n) is 1.41. The molecule has 0 amide bonds. The van der Waals surface area contributed by atoms with Gasteiger partial charge in [-0.25, -0.2) is 0 Å². The van der Waals surface area contributed by atoms with E-state index in [1.807, 2.05) is 0 Å². The van der Waals surface area contributed by atoms with E-state index in [1.54, 1.807) is 0 Å². The first-order valence-electron chi connectivity index (χ1n) is 4.17. The molecule has 1 aromatic heterocycles. The van der Waals surface area contributed by atoms with Crippen molar-refractivity contribution in [3.05, 3.63) is 5.82 Å². The molecule has 1 aliphatic rings. The van der Waals surface area contributed by atoms with E-state index < -0.39 is 0 Å². The van der Waals surface area contributed by atoms with Crippen molar-refractivity contribution in [3.63, 3.8) is 0 Å². The van der Waals surface area contributed by atoms with Crippen LogP contribution in [0.4, 0.5) is 5.95 Å². The molecule has 2 heterocycles. The predicted octanol–water partition coefficient (Wildman–Crippen LogP) is -0.103. The fraction of sp³-hybridized carbons (Fsp3) is 0.714. The molecule has 0 aromatic carbocycles. The van der Waals surface area contributed by atoms with Crippen molar-refractivity contribution in [1.82, 2.24) is 15.2 Å². The normalized spacial score (nSPS) is 17.2. The summed E-state index contributed by atoms with van der Waals surface area (Å²) in [7, 11) is 0. The number of anilines is 1. The first kappa shape index (κ1) is 7.54. The number of aliphatic hydroxyl groups excluding tert-OH is 1. The molecule has 0 atom stereocenters. The molecule has 1 aliphatic heterocycles. The van der Waals surface area contributed by atoms with Crippen LogP contribution in [0.5, 0.6) is 0 Å². The average Bonchev–Trinajstić information content (AvgIpc) is 2.75. The maximum absolute atomic E-state index is 8.74. The number of rotatable bonds is 2. The van der Waals surface area contributed by atoms with Crippen molar-refractivity contribution >= 4 is 5.95 Å². The van der Waals surface area contributed by atoms with Crippen LogP contribution in [0.15, 0.2) is 0 Å². The van der Waals surface area contributed by atoms with Gasteiger partial charge in [-0.05, 0) is 12.8 Å². The van der Waals surface area contributed by atoms with Gasteiger partial charge in [0.2, 0.25) is 5.95 Å². The number of nitrogens with zero attached hydrogens (tertiary/aromatic N) is 3. The topological polar surface area (TPSA) is 65.0 Å². The standard InChI is InChI=1S/C7H12N4O/c12-5-6-8-7(10-9-6)11-3-1-2-4-11/h12H,1-5H2,(H,8,9,10). The molecule has 1 saturated heterocycles. The van der Waals surface area contributed by atoms with Gasteiger partial charge in [0, 0.05) is 13.1 Å². The Balaban J connectivity index is 2.11. The summed E-state index contributed by atoms with van der Waals surface area (Å²) >= 11 is 0. The maximum Gasteiger partial charge on any atom is 0.244 e. The van der Waals surface area contributed by atoms with Crippen molar-refractivity contribution in [2.24, 2.45) is 0 Å². The lowest BCUT2D eigenvalue weighted by Gasteiger charge is -2.10. The second kappa shape index (κ2) is 3.10. The maximum atomic E-state index is 8.74. The van der Waals surface area contributed by atoms with Crippen molar-refractivity contribution in [3.8, 4) is 0 Å². The summed E-state index contributed by atoms with van der Waals surface area (Å²) in [6.45, 7) is 1.99. The van der Waals surface area contributed by atoms with Gasteiger partial charge < -0.3 is 10.0 Å². The first-order chi connectivity index (χ1) is 5.90. The van der Waals surface area contributed by atoms with Gasteiger partial charge in [0.25, 0.3) is 0 Å². The van der Waals surface area contributed by atoms with Crippen LogP contribution in [0.3, 0.4) is 0 Å². The second-order valence-corrected chi connectivity index (χ2v) is 2.93. The third-order valence-corrected chi connectivity index (χ3v) is 2.06. The Hall–Kier alpha value is -1.10. The highest BCUT2D eigenvalue weighted by Gasteiger charge is 2.15. The highest BCUT2D eigenvalue weighted by Crippen LogP contribution is 2.14. The third-order valence-electron chi connectivity index (χ3n) is 2.06. The Kier molecular flexibility index (Phi) is 1.95. The van der Waals surface area contributed by atoms with Crippen LogP contribution in [-0.4, -0.2) is 33.4 Å². The van der Waals surface area contributed by atoms with Crippen molar-refractivity contribution in [2.75, 3.05) is 18.0 Å². The van der Waals surface area contributed by atoms with Crippen LogP contribution in [0.25, 0.3) is 0 Å². The molecular formula is C7H12N4O. The number of aromatic amines is 1. The summed E-state index contributed by atoms with van der Waals surface area (Å²) in [4.78, 5) is 6.24. The summed E-state index contributed by atoms with van der Waals surface area (Å²) in [5.74, 6) is 1.26. The van der Waals surface area contributed by atoms with E-state index in [0.29, 0.717) is 5.82 Å². The van der Waals surface area contributed by atoms with Crippen molar-refractivity contribution in [1.29, 1.82) is 0 Å². The lowest BCUT2D eigenvalue weighted by Crippen LogP contribution is -2.18.